The normalized spacial score (nSPS) is 12.4. The second-order valence-electron chi connectivity index (χ2n) is 5.30. The fraction of sp³-hybridized carbons (Fsp3) is 0.571. The smallest absolute Gasteiger partial charge is 0.203 e. The first-order valence-corrected chi connectivity index (χ1v) is 5.90. The van der Waals surface area contributed by atoms with Crippen molar-refractivity contribution in [1.82, 2.24) is 0 Å². The van der Waals surface area contributed by atoms with Gasteiger partial charge in [0.2, 0.25) is 5.75 Å². The van der Waals surface area contributed by atoms with Crippen molar-refractivity contribution in [3.05, 3.63) is 17.7 Å². The Morgan fingerprint density at radius 3 is 1.63 bits per heavy atom. The predicted molar refractivity (Wildman–Crippen MR) is 79.7 cm³/mol. The number of nitrogens with two attached hydrogens (primary N) is 1. The van der Waals surface area contributed by atoms with Crippen molar-refractivity contribution in [3.63, 3.8) is 0 Å². The molecule has 0 spiro atoms. The summed E-state index contributed by atoms with van der Waals surface area (Å²) in [5.41, 5.74) is 7.19. The number of rotatable bonds is 4. The van der Waals surface area contributed by atoms with Crippen LogP contribution >= 0.6 is 12.4 Å². The van der Waals surface area contributed by atoms with Gasteiger partial charge in [-0.3, -0.25) is 0 Å². The third-order valence-corrected chi connectivity index (χ3v) is 2.98. The zero-order valence-electron chi connectivity index (χ0n) is 12.4. The van der Waals surface area contributed by atoms with Crippen LogP contribution in [0.3, 0.4) is 0 Å². The molecule has 0 unspecified atom stereocenters. The van der Waals surface area contributed by atoms with Crippen molar-refractivity contribution < 1.29 is 14.2 Å². The quantitative estimate of drug-likeness (QED) is 0.925. The minimum absolute atomic E-state index is 0. The molecule has 0 bridgehead atoms. The van der Waals surface area contributed by atoms with Gasteiger partial charge >= 0.3 is 0 Å². The molecule has 0 saturated heterocycles. The molecule has 1 aromatic carbocycles. The average molecular weight is 290 g/mol. The molecule has 0 fully saturated rings. The Morgan fingerprint density at radius 1 is 0.947 bits per heavy atom. The lowest BCUT2D eigenvalue weighted by Gasteiger charge is -2.28. The van der Waals surface area contributed by atoms with E-state index in [4.69, 9.17) is 19.9 Å². The summed E-state index contributed by atoms with van der Waals surface area (Å²) in [6.07, 6.45) is 0. The van der Waals surface area contributed by atoms with Gasteiger partial charge in [0, 0.05) is 6.04 Å². The monoisotopic (exact) mass is 289 g/mol. The zero-order valence-corrected chi connectivity index (χ0v) is 13.3. The fourth-order valence-corrected chi connectivity index (χ4v) is 1.78. The Morgan fingerprint density at radius 2 is 1.37 bits per heavy atom. The molecule has 0 aliphatic heterocycles. The van der Waals surface area contributed by atoms with Crippen LogP contribution in [0.25, 0.3) is 0 Å². The molecular formula is C14H24ClNO3. The minimum Gasteiger partial charge on any atom is -0.493 e. The Labute approximate surface area is 121 Å². The van der Waals surface area contributed by atoms with Crippen LogP contribution in [0.1, 0.15) is 32.4 Å². The maximum Gasteiger partial charge on any atom is 0.203 e. The van der Waals surface area contributed by atoms with E-state index in [1.165, 1.54) is 0 Å². The van der Waals surface area contributed by atoms with Crippen molar-refractivity contribution in [3.8, 4) is 17.2 Å². The first-order valence-electron chi connectivity index (χ1n) is 5.90. The van der Waals surface area contributed by atoms with Crippen molar-refractivity contribution in [2.75, 3.05) is 21.3 Å². The molecule has 0 amide bonds. The highest BCUT2D eigenvalue weighted by molar-refractivity contribution is 5.85. The fourth-order valence-electron chi connectivity index (χ4n) is 1.78. The minimum atomic E-state index is -0.105. The molecule has 0 aliphatic carbocycles. The molecule has 2 N–H and O–H groups in total. The first-order chi connectivity index (χ1) is 8.35. The van der Waals surface area contributed by atoms with E-state index in [1.54, 1.807) is 21.3 Å². The number of halogens is 1. The summed E-state index contributed by atoms with van der Waals surface area (Å²) < 4.78 is 15.9. The number of hydrogen-bond donors (Lipinski definition) is 1. The second-order valence-corrected chi connectivity index (χ2v) is 5.30. The first kappa shape index (κ1) is 17.9. The summed E-state index contributed by atoms with van der Waals surface area (Å²) >= 11 is 0. The van der Waals surface area contributed by atoms with Crippen LogP contribution in [0.15, 0.2) is 12.1 Å². The summed E-state index contributed by atoms with van der Waals surface area (Å²) in [5, 5.41) is 0. The molecule has 1 aromatic rings. The van der Waals surface area contributed by atoms with Crippen LogP contribution in [-0.4, -0.2) is 21.3 Å². The van der Waals surface area contributed by atoms with Crippen LogP contribution in [0.4, 0.5) is 0 Å². The molecule has 0 radical (unpaired) electrons. The largest absolute Gasteiger partial charge is 0.493 e. The van der Waals surface area contributed by atoms with Crippen molar-refractivity contribution in [1.29, 1.82) is 0 Å². The topological polar surface area (TPSA) is 53.7 Å². The van der Waals surface area contributed by atoms with Gasteiger partial charge in [0.1, 0.15) is 0 Å². The zero-order chi connectivity index (χ0) is 13.9. The number of ether oxygens (including phenoxy) is 3. The summed E-state index contributed by atoms with van der Waals surface area (Å²) in [6, 6.07) is 3.69. The van der Waals surface area contributed by atoms with Crippen LogP contribution in [0.2, 0.25) is 0 Å². The third kappa shape index (κ3) is 3.91. The van der Waals surface area contributed by atoms with E-state index in [0.717, 1.165) is 5.56 Å². The maximum absolute atomic E-state index is 6.26. The highest BCUT2D eigenvalue weighted by Gasteiger charge is 2.25. The van der Waals surface area contributed by atoms with E-state index in [2.05, 4.69) is 20.8 Å². The van der Waals surface area contributed by atoms with E-state index < -0.39 is 0 Å². The molecule has 0 heterocycles. The van der Waals surface area contributed by atoms with Crippen LogP contribution in [0.5, 0.6) is 17.2 Å². The van der Waals surface area contributed by atoms with Gasteiger partial charge in [-0.2, -0.15) is 0 Å². The van der Waals surface area contributed by atoms with Crippen LogP contribution in [0, 0.1) is 5.41 Å². The lowest BCUT2D eigenvalue weighted by Crippen LogP contribution is -2.26. The molecule has 1 atom stereocenters. The van der Waals surface area contributed by atoms with Crippen molar-refractivity contribution in [2.24, 2.45) is 11.1 Å². The Hall–Kier alpha value is -1.13. The highest BCUT2D eigenvalue weighted by Crippen LogP contribution is 2.42. The highest BCUT2D eigenvalue weighted by atomic mass is 35.5. The lowest BCUT2D eigenvalue weighted by atomic mass is 9.83. The van der Waals surface area contributed by atoms with Gasteiger partial charge in [0.05, 0.1) is 21.3 Å². The van der Waals surface area contributed by atoms with Gasteiger partial charge in [-0.05, 0) is 23.1 Å². The SMILES string of the molecule is COc1cc([C@@H](N)C(C)(C)C)cc(OC)c1OC.Cl. The molecule has 0 aromatic heterocycles. The Bertz CT molecular complexity index is 391. The van der Waals surface area contributed by atoms with Crippen LogP contribution < -0.4 is 19.9 Å². The second kappa shape index (κ2) is 6.87. The van der Waals surface area contributed by atoms with E-state index in [0.29, 0.717) is 17.2 Å². The molecule has 110 valence electrons. The Balaban J connectivity index is 0.00000324. The number of hydrogen-bond acceptors (Lipinski definition) is 4. The molecule has 1 rings (SSSR count). The van der Waals surface area contributed by atoms with E-state index >= 15 is 0 Å². The van der Waals surface area contributed by atoms with Gasteiger partial charge in [0.25, 0.3) is 0 Å². The molecular weight excluding hydrogens is 266 g/mol. The standard InChI is InChI=1S/C14H23NO3.ClH/c1-14(2,3)13(15)9-7-10(16-4)12(18-6)11(8-9)17-5;/h7-8,13H,15H2,1-6H3;1H/t13-;/m1./s1. The summed E-state index contributed by atoms with van der Waals surface area (Å²) in [6.45, 7) is 6.29. The lowest BCUT2D eigenvalue weighted by molar-refractivity contribution is 0.311. The summed E-state index contributed by atoms with van der Waals surface area (Å²) in [5.74, 6) is 1.85. The summed E-state index contributed by atoms with van der Waals surface area (Å²) in [4.78, 5) is 0. The van der Waals surface area contributed by atoms with Crippen molar-refractivity contribution >= 4 is 12.4 Å². The van der Waals surface area contributed by atoms with Gasteiger partial charge in [-0.15, -0.1) is 12.4 Å². The molecule has 4 nitrogen and oxygen atoms in total. The molecule has 0 aliphatic rings. The van der Waals surface area contributed by atoms with Gasteiger partial charge in [-0.25, -0.2) is 0 Å². The summed E-state index contributed by atoms with van der Waals surface area (Å²) in [7, 11) is 4.79. The van der Waals surface area contributed by atoms with E-state index in [1.807, 2.05) is 12.1 Å². The number of methoxy groups -OCH3 is 3. The molecule has 5 heteroatoms. The Kier molecular flexibility index (Phi) is 6.46. The van der Waals surface area contributed by atoms with Crippen LogP contribution in [-0.2, 0) is 0 Å². The van der Waals surface area contributed by atoms with E-state index in [9.17, 15) is 0 Å². The van der Waals surface area contributed by atoms with E-state index in [-0.39, 0.29) is 23.9 Å². The average Bonchev–Trinajstić information content (AvgIpc) is 2.34. The molecule has 19 heavy (non-hydrogen) atoms. The molecule has 0 saturated carbocycles. The van der Waals surface area contributed by atoms with Gasteiger partial charge in [-0.1, -0.05) is 20.8 Å². The predicted octanol–water partition coefficient (Wildman–Crippen LogP) is 3.18. The van der Waals surface area contributed by atoms with Crippen molar-refractivity contribution in [2.45, 2.75) is 26.8 Å². The third-order valence-electron chi connectivity index (χ3n) is 2.98. The maximum atomic E-state index is 6.26. The number of benzene rings is 1. The van der Waals surface area contributed by atoms with Gasteiger partial charge < -0.3 is 19.9 Å². The van der Waals surface area contributed by atoms with Gasteiger partial charge in [0.15, 0.2) is 11.5 Å².